The summed E-state index contributed by atoms with van der Waals surface area (Å²) in [6.45, 7) is 6.28. The summed E-state index contributed by atoms with van der Waals surface area (Å²) in [5, 5.41) is 0.361. The fourth-order valence-corrected chi connectivity index (χ4v) is 4.44. The van der Waals surface area contributed by atoms with Gasteiger partial charge in [0, 0.05) is 13.6 Å². The average Bonchev–Trinajstić information content (AvgIpc) is 3.06. The summed E-state index contributed by atoms with van der Waals surface area (Å²) in [5.41, 5.74) is -0.123. The van der Waals surface area contributed by atoms with Crippen LogP contribution in [0.2, 0.25) is 0 Å². The molecular weight excluding hydrogens is 400 g/mol. The van der Waals surface area contributed by atoms with E-state index >= 15 is 0 Å². The minimum atomic E-state index is -0.479. The molecule has 0 unspecified atom stereocenters. The maximum absolute atomic E-state index is 12.5. The maximum atomic E-state index is 12.5. The summed E-state index contributed by atoms with van der Waals surface area (Å²) >= 11 is 1.34. The fourth-order valence-electron chi connectivity index (χ4n) is 3.51. The highest BCUT2D eigenvalue weighted by molar-refractivity contribution is 8.00. The molecule has 0 radical (unpaired) electrons. The normalized spacial score (nSPS) is 12.5. The number of Topliss-reactive ketones (excluding diaryl/α,β-unsaturated/α-hetero) is 1. The van der Waals surface area contributed by atoms with E-state index < -0.39 is 11.2 Å². The summed E-state index contributed by atoms with van der Waals surface area (Å²) in [4.78, 5) is 43.1. The van der Waals surface area contributed by atoms with E-state index in [1.54, 1.807) is 14.0 Å². The molecule has 8 heteroatoms. The zero-order chi connectivity index (χ0) is 22.1. The Bertz CT molecular complexity index is 944. The number of hydrogen-bond acceptors (Lipinski definition) is 5. The lowest BCUT2D eigenvalue weighted by molar-refractivity contribution is -0.116. The first-order valence-electron chi connectivity index (χ1n) is 11.2. The number of fused-ring (bicyclic) bond motifs is 1. The summed E-state index contributed by atoms with van der Waals surface area (Å²) in [6.07, 6.45) is 12.4. The lowest BCUT2D eigenvalue weighted by Gasteiger charge is -2.11. The van der Waals surface area contributed by atoms with Crippen LogP contribution < -0.4 is 11.2 Å². The second kappa shape index (κ2) is 12.1. The highest BCUT2D eigenvalue weighted by Gasteiger charge is 2.20. The van der Waals surface area contributed by atoms with Crippen molar-refractivity contribution < 1.29 is 4.79 Å². The van der Waals surface area contributed by atoms with Crippen LogP contribution in [0.1, 0.15) is 85.0 Å². The van der Waals surface area contributed by atoms with Crippen LogP contribution in [0.3, 0.4) is 0 Å². The predicted octanol–water partition coefficient (Wildman–Crippen LogP) is 4.41. The van der Waals surface area contributed by atoms with Gasteiger partial charge in [-0.2, -0.15) is 0 Å². The van der Waals surface area contributed by atoms with Gasteiger partial charge in [-0.15, -0.1) is 0 Å². The lowest BCUT2D eigenvalue weighted by Crippen LogP contribution is -2.29. The molecule has 7 nitrogen and oxygen atoms in total. The third-order valence-corrected chi connectivity index (χ3v) is 6.77. The quantitative estimate of drug-likeness (QED) is 0.350. The Kier molecular flexibility index (Phi) is 9.88. The third kappa shape index (κ3) is 6.59. The molecule has 0 aliphatic heterocycles. The number of aromatic amines is 1. The number of H-pyrrole nitrogens is 1. The zero-order valence-electron chi connectivity index (χ0n) is 18.8. The molecule has 0 aliphatic carbocycles. The number of nitrogens with one attached hydrogen (secondary N) is 1. The SMILES string of the molecule is CCCCCCCCCCCCn1c(S[C@@H](C)C(C)=O)nc2c1c(=O)[nH]c(=O)n2C. The summed E-state index contributed by atoms with van der Waals surface area (Å²) in [6, 6.07) is 0. The van der Waals surface area contributed by atoms with Gasteiger partial charge in [0.15, 0.2) is 16.3 Å². The van der Waals surface area contributed by atoms with E-state index in [0.29, 0.717) is 22.9 Å². The van der Waals surface area contributed by atoms with Crippen LogP contribution in [0.15, 0.2) is 14.7 Å². The number of unbranched alkanes of at least 4 members (excludes halogenated alkanes) is 9. The summed E-state index contributed by atoms with van der Waals surface area (Å²) < 4.78 is 3.23. The van der Waals surface area contributed by atoms with Crippen LogP contribution in [0.25, 0.3) is 11.2 Å². The smallest absolute Gasteiger partial charge is 0.313 e. The lowest BCUT2D eigenvalue weighted by atomic mass is 10.1. The number of hydrogen-bond donors (Lipinski definition) is 1. The van der Waals surface area contributed by atoms with E-state index in [9.17, 15) is 14.4 Å². The van der Waals surface area contributed by atoms with Crippen LogP contribution in [0.5, 0.6) is 0 Å². The molecule has 2 aromatic heterocycles. The van der Waals surface area contributed by atoms with Gasteiger partial charge in [0.2, 0.25) is 0 Å². The maximum Gasteiger partial charge on any atom is 0.329 e. The van der Waals surface area contributed by atoms with Gasteiger partial charge in [-0.1, -0.05) is 76.5 Å². The number of rotatable bonds is 14. The van der Waals surface area contributed by atoms with Crippen molar-refractivity contribution in [2.24, 2.45) is 7.05 Å². The van der Waals surface area contributed by atoms with Crippen LogP contribution in [0.4, 0.5) is 0 Å². The molecule has 1 N–H and O–H groups in total. The Labute approximate surface area is 182 Å². The Morgan fingerprint density at radius 3 is 2.17 bits per heavy atom. The Morgan fingerprint density at radius 2 is 1.60 bits per heavy atom. The molecule has 0 spiro atoms. The first kappa shape index (κ1) is 24.4. The standard InChI is InChI=1S/C22H36N4O3S/c1-5-6-7-8-9-10-11-12-13-14-15-26-18-19(25(4)21(29)24-20(18)28)23-22(26)30-17(3)16(2)27/h17H,5-15H2,1-4H3,(H,24,28,29)/t17-/m0/s1. The Morgan fingerprint density at radius 1 is 1.03 bits per heavy atom. The number of ketones is 1. The Balaban J connectivity index is 2.02. The summed E-state index contributed by atoms with van der Waals surface area (Å²) in [7, 11) is 1.60. The second-order valence-electron chi connectivity index (χ2n) is 8.09. The van der Waals surface area contributed by atoms with Gasteiger partial charge < -0.3 is 4.57 Å². The minimum absolute atomic E-state index is 0.0559. The highest BCUT2D eigenvalue weighted by Crippen LogP contribution is 2.26. The van der Waals surface area contributed by atoms with Gasteiger partial charge in [0.05, 0.1) is 5.25 Å². The first-order valence-corrected chi connectivity index (χ1v) is 12.1. The van der Waals surface area contributed by atoms with Crippen molar-refractivity contribution in [3.8, 4) is 0 Å². The molecule has 0 aliphatic rings. The molecule has 1 atom stereocenters. The van der Waals surface area contributed by atoms with E-state index in [4.69, 9.17) is 0 Å². The van der Waals surface area contributed by atoms with Crippen molar-refractivity contribution in [1.29, 1.82) is 0 Å². The number of imidazole rings is 1. The average molecular weight is 437 g/mol. The van der Waals surface area contributed by atoms with Gasteiger partial charge in [0.1, 0.15) is 5.78 Å². The van der Waals surface area contributed by atoms with Gasteiger partial charge in [-0.3, -0.25) is 19.1 Å². The molecule has 0 bridgehead atoms. The molecule has 0 amide bonds. The van der Waals surface area contributed by atoms with Gasteiger partial charge in [-0.25, -0.2) is 9.78 Å². The first-order chi connectivity index (χ1) is 14.4. The zero-order valence-corrected chi connectivity index (χ0v) is 19.6. The number of aryl methyl sites for hydroxylation is 2. The van der Waals surface area contributed by atoms with Crippen molar-refractivity contribution in [2.45, 2.75) is 102 Å². The number of thioether (sulfide) groups is 1. The largest absolute Gasteiger partial charge is 0.329 e. The van der Waals surface area contributed by atoms with E-state index in [0.717, 1.165) is 12.8 Å². The Hall–Kier alpha value is -1.83. The second-order valence-corrected chi connectivity index (χ2v) is 9.40. The van der Waals surface area contributed by atoms with E-state index in [-0.39, 0.29) is 11.0 Å². The van der Waals surface area contributed by atoms with Crippen LogP contribution in [-0.2, 0) is 18.4 Å². The van der Waals surface area contributed by atoms with Crippen LogP contribution in [0, 0.1) is 0 Å². The molecule has 2 rings (SSSR count). The molecule has 0 saturated carbocycles. The third-order valence-electron chi connectivity index (χ3n) is 5.56. The van der Waals surface area contributed by atoms with Crippen molar-refractivity contribution in [3.63, 3.8) is 0 Å². The molecule has 2 aromatic rings. The van der Waals surface area contributed by atoms with Crippen molar-refractivity contribution in [1.82, 2.24) is 19.1 Å². The molecule has 0 fully saturated rings. The number of carbonyl (C=O) groups is 1. The van der Waals surface area contributed by atoms with Gasteiger partial charge >= 0.3 is 5.69 Å². The number of aromatic nitrogens is 4. The summed E-state index contributed by atoms with van der Waals surface area (Å²) in [5.74, 6) is 0.0559. The molecule has 2 heterocycles. The van der Waals surface area contributed by atoms with Crippen LogP contribution >= 0.6 is 11.8 Å². The minimum Gasteiger partial charge on any atom is -0.313 e. The molecule has 0 saturated heterocycles. The van der Waals surface area contributed by atoms with E-state index in [2.05, 4.69) is 16.9 Å². The van der Waals surface area contributed by atoms with Gasteiger partial charge in [0.25, 0.3) is 5.56 Å². The van der Waals surface area contributed by atoms with Crippen molar-refractivity contribution in [2.75, 3.05) is 0 Å². The topological polar surface area (TPSA) is 89.8 Å². The molecule has 0 aromatic carbocycles. The molecular formula is C22H36N4O3S. The monoisotopic (exact) mass is 436 g/mol. The number of carbonyl (C=O) groups excluding carboxylic acids is 1. The predicted molar refractivity (Wildman–Crippen MR) is 123 cm³/mol. The van der Waals surface area contributed by atoms with E-state index in [1.165, 1.54) is 67.7 Å². The van der Waals surface area contributed by atoms with Gasteiger partial charge in [-0.05, 0) is 20.3 Å². The number of nitrogens with zero attached hydrogens (tertiary/aromatic N) is 3. The van der Waals surface area contributed by atoms with E-state index in [1.807, 2.05) is 11.5 Å². The van der Waals surface area contributed by atoms with Crippen LogP contribution in [-0.4, -0.2) is 30.1 Å². The highest BCUT2D eigenvalue weighted by atomic mass is 32.2. The molecule has 168 valence electrons. The van der Waals surface area contributed by atoms with Crippen molar-refractivity contribution in [3.05, 3.63) is 20.8 Å². The van der Waals surface area contributed by atoms with Crippen molar-refractivity contribution >= 4 is 28.7 Å². The molecule has 30 heavy (non-hydrogen) atoms. The fraction of sp³-hybridized carbons (Fsp3) is 0.727.